The number of ether oxygens (including phenoxy) is 10. The molecule has 0 bridgehead atoms. The minimum atomic E-state index is -1.41. The summed E-state index contributed by atoms with van der Waals surface area (Å²) >= 11 is 0. The van der Waals surface area contributed by atoms with Gasteiger partial charge in [-0.15, -0.1) is 0 Å². The Morgan fingerprint density at radius 3 is 2.04 bits per heavy atom. The molecule has 0 radical (unpaired) electrons. The van der Waals surface area contributed by atoms with Crippen molar-refractivity contribution in [1.29, 1.82) is 0 Å². The lowest BCUT2D eigenvalue weighted by Crippen LogP contribution is -2.69. The Balaban J connectivity index is 1.51. The third kappa shape index (κ3) is 9.42. The van der Waals surface area contributed by atoms with E-state index in [0.717, 1.165) is 25.0 Å². The Bertz CT molecular complexity index is 1440. The van der Waals surface area contributed by atoms with Crippen LogP contribution in [0.3, 0.4) is 0 Å². The van der Waals surface area contributed by atoms with E-state index < -0.39 is 98.1 Å². The molecule has 3 fully saturated rings. The minimum absolute atomic E-state index is 0.152. The highest BCUT2D eigenvalue weighted by Gasteiger charge is 2.56. The molecule has 5 rings (SSSR count). The van der Waals surface area contributed by atoms with Gasteiger partial charge in [-0.05, 0) is 5.56 Å². The van der Waals surface area contributed by atoms with E-state index in [2.05, 4.69) is 5.32 Å². The van der Waals surface area contributed by atoms with Crippen molar-refractivity contribution in [3.8, 4) is 0 Å². The number of fused-ring (bicyclic) bond motifs is 1. The zero-order valence-electron chi connectivity index (χ0n) is 28.5. The van der Waals surface area contributed by atoms with E-state index >= 15 is 0 Å². The molecule has 2 aromatic carbocycles. The summed E-state index contributed by atoms with van der Waals surface area (Å²) in [6.07, 6.45) is -10.4. The number of methoxy groups -OCH3 is 1. The third-order valence-electron chi connectivity index (χ3n) is 8.24. The van der Waals surface area contributed by atoms with Gasteiger partial charge in [0.15, 0.2) is 31.1 Å². The summed E-state index contributed by atoms with van der Waals surface area (Å²) in [5.74, 6) is -2.62. The van der Waals surface area contributed by atoms with E-state index in [1.807, 2.05) is 60.7 Å². The molecule has 1 amide bonds. The Kier molecular flexibility index (Phi) is 12.9. The van der Waals surface area contributed by atoms with Crippen molar-refractivity contribution in [2.75, 3.05) is 20.3 Å². The second-order valence-electron chi connectivity index (χ2n) is 12.0. The average Bonchev–Trinajstić information content (AvgIpc) is 3.09. The number of hydrogen-bond donors (Lipinski definition) is 1. The summed E-state index contributed by atoms with van der Waals surface area (Å²) in [5.41, 5.74) is 1.66. The summed E-state index contributed by atoms with van der Waals surface area (Å²) < 4.78 is 60.5. The van der Waals surface area contributed by atoms with E-state index in [0.29, 0.717) is 0 Å². The van der Waals surface area contributed by atoms with Crippen molar-refractivity contribution < 1.29 is 66.5 Å². The summed E-state index contributed by atoms with van der Waals surface area (Å²) in [4.78, 5) is 49.0. The van der Waals surface area contributed by atoms with Crippen molar-refractivity contribution in [2.45, 2.75) is 102 Å². The van der Waals surface area contributed by atoms with Crippen LogP contribution in [0.1, 0.15) is 45.1 Å². The second kappa shape index (κ2) is 17.3. The van der Waals surface area contributed by atoms with Crippen molar-refractivity contribution in [3.05, 3.63) is 71.8 Å². The molecule has 0 unspecified atom stereocenters. The maximum absolute atomic E-state index is 12.6. The maximum Gasteiger partial charge on any atom is 0.303 e. The number of hydrogen-bond acceptors (Lipinski definition) is 14. The molecule has 0 saturated carbocycles. The van der Waals surface area contributed by atoms with Crippen LogP contribution in [0.5, 0.6) is 0 Å². The summed E-state index contributed by atoms with van der Waals surface area (Å²) in [5, 5.41) is 2.72. The molecule has 3 heterocycles. The van der Waals surface area contributed by atoms with E-state index in [1.165, 1.54) is 21.0 Å². The quantitative estimate of drug-likeness (QED) is 0.252. The van der Waals surface area contributed by atoms with Crippen LogP contribution in [0.25, 0.3) is 0 Å². The van der Waals surface area contributed by atoms with Gasteiger partial charge in [0.2, 0.25) is 5.91 Å². The van der Waals surface area contributed by atoms with Gasteiger partial charge in [-0.2, -0.15) is 0 Å². The summed E-state index contributed by atoms with van der Waals surface area (Å²) in [6, 6.07) is 17.7. The van der Waals surface area contributed by atoms with Gasteiger partial charge in [-0.25, -0.2) is 0 Å². The molecule has 3 aliphatic heterocycles. The molecule has 11 atom stereocenters. The van der Waals surface area contributed by atoms with Crippen LogP contribution in [0.15, 0.2) is 60.7 Å². The molecule has 15 heteroatoms. The number of rotatable bonds is 12. The third-order valence-corrected chi connectivity index (χ3v) is 8.24. The van der Waals surface area contributed by atoms with Crippen LogP contribution < -0.4 is 5.32 Å². The van der Waals surface area contributed by atoms with Gasteiger partial charge in [0.25, 0.3) is 0 Å². The molecular weight excluding hydrogens is 658 g/mol. The smallest absolute Gasteiger partial charge is 0.303 e. The predicted octanol–water partition coefficient (Wildman–Crippen LogP) is 2.10. The zero-order chi connectivity index (χ0) is 35.8. The standard InChI is InChI=1S/C35H43NO14/c1-19(37)36-27-30(46-22(4)40)28(45-21(3)39)25(17-42-20(2)38)47-34(27)50-32-31(43-16-23-12-8-6-9-13-23)29-26(48-35(32)41-5)18-44-33(49-29)24-14-10-7-11-15-24/h6-15,25-35H,16-18H2,1-5H3,(H,36,37)/t25-,26-,27-,28-,29-,30-,31+,32+,33-,34+,35+/m1/s1. The van der Waals surface area contributed by atoms with Crippen LogP contribution in [0.2, 0.25) is 0 Å². The molecule has 0 spiro atoms. The van der Waals surface area contributed by atoms with Crippen LogP contribution in [0.4, 0.5) is 0 Å². The maximum atomic E-state index is 12.6. The van der Waals surface area contributed by atoms with Crippen molar-refractivity contribution >= 4 is 23.8 Å². The first-order valence-corrected chi connectivity index (χ1v) is 16.3. The first kappa shape index (κ1) is 37.3. The fourth-order valence-corrected chi connectivity index (χ4v) is 6.18. The van der Waals surface area contributed by atoms with Gasteiger partial charge in [0.1, 0.15) is 43.2 Å². The van der Waals surface area contributed by atoms with Crippen molar-refractivity contribution in [1.82, 2.24) is 5.32 Å². The zero-order valence-corrected chi connectivity index (χ0v) is 28.5. The van der Waals surface area contributed by atoms with Crippen LogP contribution >= 0.6 is 0 Å². The van der Waals surface area contributed by atoms with Crippen molar-refractivity contribution in [3.63, 3.8) is 0 Å². The van der Waals surface area contributed by atoms with Gasteiger partial charge >= 0.3 is 17.9 Å². The molecule has 3 aliphatic rings. The molecule has 50 heavy (non-hydrogen) atoms. The molecule has 0 aliphatic carbocycles. The Hall–Kier alpha value is -3.96. The Morgan fingerprint density at radius 2 is 1.42 bits per heavy atom. The van der Waals surface area contributed by atoms with Crippen LogP contribution in [-0.4, -0.2) is 105 Å². The van der Waals surface area contributed by atoms with Gasteiger partial charge in [-0.1, -0.05) is 60.7 Å². The van der Waals surface area contributed by atoms with Gasteiger partial charge in [0, 0.05) is 40.4 Å². The molecular formula is C35H43NO14. The SMILES string of the molecule is CO[C@H]1O[C@@H]2CO[C@@H](c3ccccc3)O[C@H]2[C@H](OCc2ccccc2)[C@@H]1O[C@@H]1O[C@H](COC(C)=O)[C@@H](OC(C)=O)[C@H](OC(C)=O)[C@H]1NC(C)=O. The Labute approximate surface area is 289 Å². The number of carbonyl (C=O) groups is 4. The normalized spacial score (nSPS) is 32.2. The molecule has 272 valence electrons. The molecule has 2 aromatic rings. The van der Waals surface area contributed by atoms with E-state index in [1.54, 1.807) is 0 Å². The largest absolute Gasteiger partial charge is 0.463 e. The van der Waals surface area contributed by atoms with Crippen LogP contribution in [-0.2, 0) is 73.2 Å². The van der Waals surface area contributed by atoms with E-state index in [9.17, 15) is 19.2 Å². The van der Waals surface area contributed by atoms with E-state index in [4.69, 9.17) is 47.4 Å². The second-order valence-corrected chi connectivity index (χ2v) is 12.0. The van der Waals surface area contributed by atoms with Gasteiger partial charge < -0.3 is 52.7 Å². The van der Waals surface area contributed by atoms with E-state index in [-0.39, 0.29) is 13.2 Å². The summed E-state index contributed by atoms with van der Waals surface area (Å²) in [6.45, 7) is 4.69. The number of nitrogens with one attached hydrogen (secondary N) is 1. The number of carbonyl (C=O) groups excluding carboxylic acids is 4. The van der Waals surface area contributed by atoms with Gasteiger partial charge in [0.05, 0.1) is 13.2 Å². The topological polar surface area (TPSA) is 173 Å². The van der Waals surface area contributed by atoms with Crippen molar-refractivity contribution in [2.24, 2.45) is 0 Å². The number of esters is 3. The monoisotopic (exact) mass is 701 g/mol. The molecule has 0 aromatic heterocycles. The molecule has 15 nitrogen and oxygen atoms in total. The fourth-order valence-electron chi connectivity index (χ4n) is 6.18. The molecule has 3 saturated heterocycles. The number of amides is 1. The van der Waals surface area contributed by atoms with Gasteiger partial charge in [-0.3, -0.25) is 19.2 Å². The first-order chi connectivity index (χ1) is 24.0. The summed E-state index contributed by atoms with van der Waals surface area (Å²) in [7, 11) is 1.43. The minimum Gasteiger partial charge on any atom is -0.463 e. The Morgan fingerprint density at radius 1 is 0.760 bits per heavy atom. The highest BCUT2D eigenvalue weighted by atomic mass is 16.8. The predicted molar refractivity (Wildman–Crippen MR) is 170 cm³/mol. The lowest BCUT2D eigenvalue weighted by atomic mass is 9.94. The van der Waals surface area contributed by atoms with Crippen LogP contribution in [0, 0.1) is 0 Å². The number of benzene rings is 2. The lowest BCUT2D eigenvalue weighted by Gasteiger charge is -2.51. The average molecular weight is 702 g/mol. The fraction of sp³-hybridized carbons (Fsp3) is 0.543. The lowest BCUT2D eigenvalue weighted by molar-refractivity contribution is -0.389. The molecule has 1 N–H and O–H groups in total. The first-order valence-electron chi connectivity index (χ1n) is 16.3. The highest BCUT2D eigenvalue weighted by molar-refractivity contribution is 5.73. The highest BCUT2D eigenvalue weighted by Crippen LogP contribution is 2.39.